The van der Waals surface area contributed by atoms with Crippen LogP contribution in [0, 0.1) is 0 Å². The fourth-order valence-corrected chi connectivity index (χ4v) is 11.5. The van der Waals surface area contributed by atoms with E-state index in [0.717, 1.165) is 190 Å². The van der Waals surface area contributed by atoms with E-state index in [1.807, 2.05) is 0 Å². The lowest BCUT2D eigenvalue weighted by molar-refractivity contribution is -0.870. The lowest BCUT2D eigenvalue weighted by atomic mass is 10.0. The van der Waals surface area contributed by atoms with E-state index in [9.17, 15) is 0 Å². The van der Waals surface area contributed by atoms with Gasteiger partial charge in [0.1, 0.15) is 23.0 Å². The Morgan fingerprint density at radius 1 is 0.289 bits per heavy atom. The molecule has 0 aliphatic carbocycles. The number of hydrogen-bond acceptors (Lipinski definition) is 6. The van der Waals surface area contributed by atoms with E-state index in [-0.39, 0.29) is 71.9 Å². The number of benzene rings is 4. The topological polar surface area (TPSA) is 94.3 Å². The number of unbranched alkanes of at least 4 members (excludes halogenated alkanes) is 11. The van der Waals surface area contributed by atoms with E-state index in [1.54, 1.807) is 0 Å². The number of halogens is 3. The van der Waals surface area contributed by atoms with E-state index in [0.29, 0.717) is 26.4 Å². The predicted octanol–water partition coefficient (Wildman–Crippen LogP) is 8.84. The molecule has 14 heteroatoms. The number of aromatic nitrogens is 4. The van der Waals surface area contributed by atoms with Gasteiger partial charge in [-0.3, -0.25) is 0 Å². The Morgan fingerprint density at radius 2 is 0.511 bits per heavy atom. The Kier molecular flexibility index (Phi) is 29.3. The van der Waals surface area contributed by atoms with E-state index < -0.39 is 0 Å². The predicted molar refractivity (Wildman–Crippen MR) is 366 cm³/mol. The van der Waals surface area contributed by atoms with Gasteiger partial charge in [-0.2, -0.15) is 0 Å². The van der Waals surface area contributed by atoms with Crippen molar-refractivity contribution in [2.24, 2.45) is 0 Å². The molecule has 3 aromatic heterocycles. The molecule has 0 fully saturated rings. The van der Waals surface area contributed by atoms with Crippen molar-refractivity contribution in [3.05, 3.63) is 144 Å². The van der Waals surface area contributed by atoms with Crippen LogP contribution in [0.3, 0.4) is 0 Å². The fraction of sp³-hybridized carbons (Fsp3) is 0.421. The molecule has 484 valence electrons. The van der Waals surface area contributed by atoms with Crippen molar-refractivity contribution in [3.8, 4) is 67.5 Å². The molecule has 2 aliphatic heterocycles. The molecule has 0 unspecified atom stereocenters. The number of fused-ring (bicyclic) bond motifs is 8. The largest absolute Gasteiger partial charge is 1.00 e. The van der Waals surface area contributed by atoms with Gasteiger partial charge in [-0.1, -0.05) is 107 Å². The molecule has 0 atom stereocenters. The maximum Gasteiger partial charge on any atom is 0.119 e. The fourth-order valence-electron chi connectivity index (χ4n) is 11.5. The number of quaternary nitrogens is 3. The zero-order valence-electron chi connectivity index (χ0n) is 55.4. The van der Waals surface area contributed by atoms with Crippen molar-refractivity contribution in [2.45, 2.75) is 103 Å². The molecule has 0 saturated heterocycles. The smallest absolute Gasteiger partial charge is 0.119 e. The first-order valence-corrected chi connectivity index (χ1v) is 32.5. The minimum Gasteiger partial charge on any atom is -1.00 e. The monoisotopic (exact) mass is 1560 g/mol. The second kappa shape index (κ2) is 35.7. The third-order valence-electron chi connectivity index (χ3n) is 16.3. The lowest BCUT2D eigenvalue weighted by Crippen LogP contribution is -3.00. The number of H-pyrrole nitrogens is 2. The highest BCUT2D eigenvalue weighted by Crippen LogP contribution is 2.40. The van der Waals surface area contributed by atoms with Crippen LogP contribution in [0.1, 0.15) is 126 Å². The number of nitrogens with one attached hydrogen (secondary N) is 2. The molecule has 8 bridgehead atoms. The second-order valence-electron chi connectivity index (χ2n) is 27.0. The van der Waals surface area contributed by atoms with Crippen molar-refractivity contribution < 1.29 is 104 Å². The van der Waals surface area contributed by atoms with Gasteiger partial charge < -0.3 is 114 Å². The van der Waals surface area contributed by atoms with Crippen LogP contribution < -0.4 is 90.9 Å². The first-order valence-electron chi connectivity index (χ1n) is 32.5. The van der Waals surface area contributed by atoms with Gasteiger partial charge in [0.2, 0.25) is 0 Å². The minimum atomic E-state index is 0. The van der Waals surface area contributed by atoms with Gasteiger partial charge in [-0.15, -0.1) is 0 Å². The first-order chi connectivity index (χ1) is 42.0. The highest BCUT2D eigenvalue weighted by Gasteiger charge is 2.20. The summed E-state index contributed by atoms with van der Waals surface area (Å²) in [5.74, 6) is 3.43. The Morgan fingerprint density at radius 3 is 0.744 bits per heavy atom. The molecule has 0 radical (unpaired) electrons. The molecule has 2 aliphatic rings. The van der Waals surface area contributed by atoms with Gasteiger partial charge in [0, 0.05) is 44.3 Å². The number of rotatable bonds is 33. The summed E-state index contributed by atoms with van der Waals surface area (Å²) < 4.78 is 28.2. The summed E-state index contributed by atoms with van der Waals surface area (Å²) >= 11 is 0. The number of aromatic amines is 2. The molecule has 9 rings (SSSR count). The van der Waals surface area contributed by atoms with Gasteiger partial charge in [-0.05, 0) is 164 Å². The Labute approximate surface area is 590 Å². The summed E-state index contributed by atoms with van der Waals surface area (Å²) in [5.41, 5.74) is 15.2. The summed E-state index contributed by atoms with van der Waals surface area (Å²) in [5, 5.41) is 0. The molecule has 4 aromatic carbocycles. The van der Waals surface area contributed by atoms with Crippen molar-refractivity contribution in [2.75, 3.05) is 109 Å². The van der Waals surface area contributed by atoms with Gasteiger partial charge in [-0.25, -0.2) is 9.97 Å². The standard InChI is InChI=1S/C76H100N7O4.3HI/c1-11-12-13-14-15-16-17-18-22-53-84-61-34-26-57(27-35-61)73-65-42-44-67(77-65)74(58-28-36-62(37-29-58)85-54-23-19-50-81(2,3)4)69-46-48-71(79-69)76(60-32-40-64(41-33-60)87-56-25-21-52-83(8,9)10)72-49-47-70(80-72)75(68-45-43-66(73)78-68)59-30-38-63(39-31-59)86-55-24-20-51-82(5,6)7;;;/h26-49,77,80H,11-25,50-56H2,1-10H3;3*1H/q+3;;;/p-3. The van der Waals surface area contributed by atoms with E-state index in [2.05, 4.69) is 226 Å². The van der Waals surface area contributed by atoms with Crippen molar-refractivity contribution in [1.82, 2.24) is 19.9 Å². The lowest BCUT2D eigenvalue weighted by Gasteiger charge is -2.23. The molecule has 0 spiro atoms. The van der Waals surface area contributed by atoms with Crippen LogP contribution in [0.4, 0.5) is 0 Å². The maximum absolute atomic E-state index is 6.38. The quantitative estimate of drug-likeness (QED) is 0.0243. The van der Waals surface area contributed by atoms with Gasteiger partial charge in [0.25, 0.3) is 0 Å². The number of nitrogens with zero attached hydrogens (tertiary/aromatic N) is 5. The van der Waals surface area contributed by atoms with Crippen LogP contribution in [-0.4, -0.2) is 143 Å². The van der Waals surface area contributed by atoms with Gasteiger partial charge in [0.05, 0.1) is 132 Å². The van der Waals surface area contributed by atoms with Crippen LogP contribution in [0.5, 0.6) is 23.0 Å². The molecule has 0 saturated carbocycles. The molecule has 0 amide bonds. The first kappa shape index (κ1) is 73.8. The van der Waals surface area contributed by atoms with Crippen molar-refractivity contribution in [3.63, 3.8) is 0 Å². The van der Waals surface area contributed by atoms with E-state index in [1.165, 1.54) is 51.4 Å². The summed E-state index contributed by atoms with van der Waals surface area (Å²) in [6, 6.07) is 42.9. The molecule has 7 aromatic rings. The molecule has 90 heavy (non-hydrogen) atoms. The van der Waals surface area contributed by atoms with E-state index in [4.69, 9.17) is 28.9 Å². The second-order valence-corrected chi connectivity index (χ2v) is 27.0. The number of hydrogen-bond donors (Lipinski definition) is 2. The van der Waals surface area contributed by atoms with Crippen LogP contribution in [0.15, 0.2) is 121 Å². The molecular formula is C76H100I3N7O4. The normalized spacial score (nSPS) is 12.1. The van der Waals surface area contributed by atoms with Crippen LogP contribution in [0.2, 0.25) is 0 Å². The molecular weight excluding hydrogens is 1460 g/mol. The van der Waals surface area contributed by atoms with Gasteiger partial charge >= 0.3 is 0 Å². The summed E-state index contributed by atoms with van der Waals surface area (Å²) in [6.45, 7) is 8.34. The molecule has 2 N–H and O–H groups in total. The van der Waals surface area contributed by atoms with Crippen molar-refractivity contribution in [1.29, 1.82) is 0 Å². The van der Waals surface area contributed by atoms with Crippen LogP contribution in [0.25, 0.3) is 90.9 Å². The highest BCUT2D eigenvalue weighted by molar-refractivity contribution is 6.00. The summed E-state index contributed by atoms with van der Waals surface area (Å²) in [7, 11) is 20.1. The number of ether oxygens (including phenoxy) is 4. The van der Waals surface area contributed by atoms with Crippen LogP contribution in [-0.2, 0) is 0 Å². The SMILES string of the molecule is CCCCCCCCCCCOc1ccc(-c2c3nc(c(-c4ccc(OCCCC[N+](C)(C)C)cc4)c4ccc([nH]4)c(-c4ccc(OCCCC[N+](C)(C)C)cc4)c4nc(c(-c5ccc(OCCCC[N+](C)(C)C)cc5)c5ccc2[nH]5)C=C4)C=C3)cc1.[I-].[I-].[I-]. The molecule has 5 heterocycles. The van der Waals surface area contributed by atoms with E-state index >= 15 is 0 Å². The average molecular weight is 1560 g/mol. The zero-order valence-corrected chi connectivity index (χ0v) is 61.9. The minimum absolute atomic E-state index is 0. The maximum atomic E-state index is 6.38. The Bertz CT molecular complexity index is 3490. The van der Waals surface area contributed by atoms with Crippen molar-refractivity contribution >= 4 is 46.4 Å². The summed E-state index contributed by atoms with van der Waals surface area (Å²) in [4.78, 5) is 19.1. The third kappa shape index (κ3) is 22.2. The summed E-state index contributed by atoms with van der Waals surface area (Å²) in [6.07, 6.45) is 26.5. The Hall–Kier alpha value is -5.25. The van der Waals surface area contributed by atoms with Gasteiger partial charge in [0.15, 0.2) is 0 Å². The van der Waals surface area contributed by atoms with Crippen LogP contribution >= 0.6 is 0 Å². The highest BCUT2D eigenvalue weighted by atomic mass is 127. The molecule has 11 nitrogen and oxygen atoms in total. The zero-order chi connectivity index (χ0) is 61.2. The Balaban J connectivity index is 0.00000430. The third-order valence-corrected chi connectivity index (χ3v) is 16.3. The average Bonchev–Trinajstić information content (AvgIpc) is 1.77.